The molecule has 16 heavy (non-hydrogen) atoms. The van der Waals surface area contributed by atoms with Crippen molar-refractivity contribution in [3.63, 3.8) is 0 Å². The topological polar surface area (TPSA) is 0 Å². The van der Waals surface area contributed by atoms with E-state index in [1.807, 2.05) is 6.07 Å². The van der Waals surface area contributed by atoms with Crippen molar-refractivity contribution in [1.29, 1.82) is 0 Å². The summed E-state index contributed by atoms with van der Waals surface area (Å²) >= 11 is 0. The molecular weight excluding hydrogens is 192 g/mol. The molecule has 0 aromatic heterocycles. The van der Waals surface area contributed by atoms with Crippen molar-refractivity contribution in [3.8, 4) is 11.1 Å². The van der Waals surface area contributed by atoms with E-state index >= 15 is 0 Å². The minimum atomic E-state index is 1.08. The Morgan fingerprint density at radius 1 is 1.00 bits per heavy atom. The average molecular weight is 209 g/mol. The second-order valence-corrected chi connectivity index (χ2v) is 4.26. The molecular formula is C16H17. The molecule has 0 fully saturated rings. The quantitative estimate of drug-likeness (QED) is 0.690. The van der Waals surface area contributed by atoms with Crippen molar-refractivity contribution in [1.82, 2.24) is 0 Å². The third-order valence-corrected chi connectivity index (χ3v) is 3.09. The van der Waals surface area contributed by atoms with Crippen LogP contribution in [0.4, 0.5) is 0 Å². The molecule has 0 saturated heterocycles. The fourth-order valence-corrected chi connectivity index (χ4v) is 1.81. The van der Waals surface area contributed by atoms with E-state index in [0.29, 0.717) is 0 Å². The van der Waals surface area contributed by atoms with Crippen LogP contribution in [0.2, 0.25) is 0 Å². The summed E-state index contributed by atoms with van der Waals surface area (Å²) in [6.07, 6.45) is 1.08. The monoisotopic (exact) mass is 209 g/mol. The number of benzene rings is 2. The Labute approximate surface area is 97.9 Å². The van der Waals surface area contributed by atoms with Crippen LogP contribution in [0.25, 0.3) is 11.1 Å². The van der Waals surface area contributed by atoms with E-state index in [2.05, 4.69) is 57.2 Å². The molecule has 0 N–H and O–H groups in total. The minimum absolute atomic E-state index is 1.08. The molecule has 0 saturated carbocycles. The highest BCUT2D eigenvalue weighted by atomic mass is 14.0. The second kappa shape index (κ2) is 4.52. The summed E-state index contributed by atoms with van der Waals surface area (Å²) in [5.74, 6) is 0. The van der Waals surface area contributed by atoms with Gasteiger partial charge in [-0.3, -0.25) is 0 Å². The van der Waals surface area contributed by atoms with Crippen LogP contribution in [0, 0.1) is 19.9 Å². The van der Waals surface area contributed by atoms with Gasteiger partial charge in [-0.1, -0.05) is 43.3 Å². The molecule has 0 aliphatic carbocycles. The molecule has 0 bridgehead atoms. The number of aryl methyl sites for hydroxylation is 3. The third kappa shape index (κ3) is 2.16. The summed E-state index contributed by atoms with van der Waals surface area (Å²) in [6.45, 7) is 6.48. The van der Waals surface area contributed by atoms with Crippen molar-refractivity contribution in [3.05, 3.63) is 59.2 Å². The molecule has 0 unspecified atom stereocenters. The number of rotatable bonds is 2. The lowest BCUT2D eigenvalue weighted by Crippen LogP contribution is -1.86. The van der Waals surface area contributed by atoms with Gasteiger partial charge in [-0.25, -0.2) is 0 Å². The molecule has 2 aromatic rings. The molecule has 2 aromatic carbocycles. The first-order valence-electron chi connectivity index (χ1n) is 5.79. The average Bonchev–Trinajstić information content (AvgIpc) is 2.33. The van der Waals surface area contributed by atoms with Gasteiger partial charge in [-0.15, -0.1) is 0 Å². The van der Waals surface area contributed by atoms with Crippen LogP contribution in [-0.2, 0) is 6.42 Å². The van der Waals surface area contributed by atoms with Crippen LogP contribution in [-0.4, -0.2) is 0 Å². The molecule has 0 aliphatic heterocycles. The summed E-state index contributed by atoms with van der Waals surface area (Å²) in [6, 6.07) is 16.3. The summed E-state index contributed by atoms with van der Waals surface area (Å²) in [5.41, 5.74) is 6.51. The predicted molar refractivity (Wildman–Crippen MR) is 69.6 cm³/mol. The van der Waals surface area contributed by atoms with E-state index in [9.17, 15) is 0 Å². The molecule has 0 atom stereocenters. The molecule has 0 nitrogen and oxygen atoms in total. The van der Waals surface area contributed by atoms with Crippen molar-refractivity contribution in [2.45, 2.75) is 27.2 Å². The SMILES string of the molecule is CCc1cc[c]c(-c2ccc(C)c(C)c2)c1. The van der Waals surface area contributed by atoms with E-state index in [0.717, 1.165) is 6.42 Å². The zero-order chi connectivity index (χ0) is 11.5. The Bertz CT molecular complexity index is 495. The molecule has 81 valence electrons. The fraction of sp³-hybridized carbons (Fsp3) is 0.250. The lowest BCUT2D eigenvalue weighted by atomic mass is 9.98. The third-order valence-electron chi connectivity index (χ3n) is 3.09. The smallest absolute Gasteiger partial charge is 0.00990 e. The van der Waals surface area contributed by atoms with E-state index in [4.69, 9.17) is 0 Å². The maximum absolute atomic E-state index is 3.31. The van der Waals surface area contributed by atoms with Crippen LogP contribution < -0.4 is 0 Å². The fourth-order valence-electron chi connectivity index (χ4n) is 1.81. The maximum atomic E-state index is 3.31. The van der Waals surface area contributed by atoms with Crippen LogP contribution in [0.5, 0.6) is 0 Å². The Hall–Kier alpha value is -1.56. The lowest BCUT2D eigenvalue weighted by Gasteiger charge is -2.06. The van der Waals surface area contributed by atoms with Gasteiger partial charge in [0, 0.05) is 0 Å². The van der Waals surface area contributed by atoms with Crippen LogP contribution >= 0.6 is 0 Å². The highest BCUT2D eigenvalue weighted by Gasteiger charge is 2.00. The number of hydrogen-bond acceptors (Lipinski definition) is 0. The molecule has 1 radical (unpaired) electrons. The van der Waals surface area contributed by atoms with Gasteiger partial charge in [-0.2, -0.15) is 0 Å². The normalized spacial score (nSPS) is 10.4. The summed E-state index contributed by atoms with van der Waals surface area (Å²) in [5, 5.41) is 0. The van der Waals surface area contributed by atoms with Gasteiger partial charge < -0.3 is 0 Å². The Morgan fingerprint density at radius 3 is 2.50 bits per heavy atom. The molecule has 0 amide bonds. The van der Waals surface area contributed by atoms with Gasteiger partial charge in [0.25, 0.3) is 0 Å². The molecule has 0 aliphatic rings. The Balaban J connectivity index is 2.46. The summed E-state index contributed by atoms with van der Waals surface area (Å²) < 4.78 is 0. The van der Waals surface area contributed by atoms with E-state index in [1.165, 1.54) is 27.8 Å². The zero-order valence-electron chi connectivity index (χ0n) is 10.2. The maximum Gasteiger partial charge on any atom is -0.00990 e. The van der Waals surface area contributed by atoms with Crippen LogP contribution in [0.15, 0.2) is 36.4 Å². The summed E-state index contributed by atoms with van der Waals surface area (Å²) in [4.78, 5) is 0. The van der Waals surface area contributed by atoms with Crippen molar-refractivity contribution >= 4 is 0 Å². The zero-order valence-corrected chi connectivity index (χ0v) is 10.2. The van der Waals surface area contributed by atoms with Gasteiger partial charge in [0.05, 0.1) is 0 Å². The van der Waals surface area contributed by atoms with Crippen molar-refractivity contribution in [2.75, 3.05) is 0 Å². The predicted octanol–water partition coefficient (Wildman–Crippen LogP) is 4.33. The van der Waals surface area contributed by atoms with E-state index < -0.39 is 0 Å². The first kappa shape index (κ1) is 10.9. The first-order chi connectivity index (χ1) is 7.70. The lowest BCUT2D eigenvalue weighted by molar-refractivity contribution is 1.14. The molecule has 0 heteroatoms. The molecule has 2 rings (SSSR count). The van der Waals surface area contributed by atoms with E-state index in [1.54, 1.807) is 0 Å². The molecule has 0 spiro atoms. The van der Waals surface area contributed by atoms with Crippen LogP contribution in [0.1, 0.15) is 23.6 Å². The van der Waals surface area contributed by atoms with Gasteiger partial charge in [0.15, 0.2) is 0 Å². The first-order valence-corrected chi connectivity index (χ1v) is 5.79. The van der Waals surface area contributed by atoms with Gasteiger partial charge in [-0.05, 0) is 54.2 Å². The van der Waals surface area contributed by atoms with Gasteiger partial charge in [0.2, 0.25) is 0 Å². The van der Waals surface area contributed by atoms with Crippen molar-refractivity contribution in [2.24, 2.45) is 0 Å². The molecule has 0 heterocycles. The summed E-state index contributed by atoms with van der Waals surface area (Å²) in [7, 11) is 0. The standard InChI is InChI=1S/C16H17/c1-4-14-6-5-7-15(11-14)16-9-8-12(2)13(3)10-16/h5-6,8-11H,4H2,1-3H3. The van der Waals surface area contributed by atoms with Gasteiger partial charge >= 0.3 is 0 Å². The van der Waals surface area contributed by atoms with Gasteiger partial charge in [0.1, 0.15) is 0 Å². The minimum Gasteiger partial charge on any atom is -0.0613 e. The van der Waals surface area contributed by atoms with Crippen LogP contribution in [0.3, 0.4) is 0 Å². The van der Waals surface area contributed by atoms with E-state index in [-0.39, 0.29) is 0 Å². The highest BCUT2D eigenvalue weighted by Crippen LogP contribution is 2.22. The highest BCUT2D eigenvalue weighted by molar-refractivity contribution is 5.65. The number of hydrogen-bond donors (Lipinski definition) is 0. The Kier molecular flexibility index (Phi) is 3.09. The van der Waals surface area contributed by atoms with Crippen molar-refractivity contribution < 1.29 is 0 Å². The second-order valence-electron chi connectivity index (χ2n) is 4.26. The largest absolute Gasteiger partial charge is 0.0613 e. The Morgan fingerprint density at radius 2 is 1.81 bits per heavy atom.